The van der Waals surface area contributed by atoms with Crippen molar-refractivity contribution in [3.05, 3.63) is 52.6 Å². The van der Waals surface area contributed by atoms with Crippen LogP contribution in [0.1, 0.15) is 17.7 Å². The number of hydrogen-bond acceptors (Lipinski definition) is 7. The van der Waals surface area contributed by atoms with Crippen LogP contribution in [0.3, 0.4) is 0 Å². The molecule has 1 aromatic carbocycles. The molecule has 2 aromatic rings. The first-order chi connectivity index (χ1) is 10.1. The van der Waals surface area contributed by atoms with Crippen LogP contribution in [0.5, 0.6) is 0 Å². The van der Waals surface area contributed by atoms with Crippen LogP contribution in [0.4, 0.5) is 10.8 Å². The van der Waals surface area contributed by atoms with Crippen molar-refractivity contribution in [3.63, 3.8) is 0 Å². The summed E-state index contributed by atoms with van der Waals surface area (Å²) in [4.78, 5) is 10.4. The van der Waals surface area contributed by atoms with Crippen molar-refractivity contribution in [2.45, 2.75) is 16.5 Å². The first-order valence-corrected chi connectivity index (χ1v) is 7.89. The molecule has 0 saturated heterocycles. The van der Waals surface area contributed by atoms with Gasteiger partial charge in [-0.25, -0.2) is 0 Å². The predicted molar refractivity (Wildman–Crippen MR) is 86.0 cm³/mol. The Balaban J connectivity index is 2.05. The topological polar surface area (TPSA) is 81.0 Å². The maximum atomic E-state index is 10.8. The highest BCUT2D eigenvalue weighted by molar-refractivity contribution is 8.01. The van der Waals surface area contributed by atoms with Crippen molar-refractivity contribution in [2.75, 3.05) is 11.9 Å². The number of benzene rings is 1. The number of nitro benzene ring substituents is 1. The molecule has 0 unspecified atom stereocenters. The van der Waals surface area contributed by atoms with Crippen LogP contribution < -0.4 is 5.32 Å². The fourth-order valence-electron chi connectivity index (χ4n) is 1.60. The standard InChI is InChI=1S/C13H14N4O2S2/c1-3-7-14-12-15-16-13(21-12)20-9(2)10-5-4-6-11(8-10)17(18)19/h3-6,8-9H,1,7H2,2H3,(H,14,15)/t9-/m1/s1. The molecule has 0 fully saturated rings. The van der Waals surface area contributed by atoms with Gasteiger partial charge in [-0.05, 0) is 12.5 Å². The minimum atomic E-state index is -0.386. The third kappa shape index (κ3) is 4.27. The largest absolute Gasteiger partial charge is 0.357 e. The average Bonchev–Trinajstić information content (AvgIpc) is 2.92. The van der Waals surface area contributed by atoms with Gasteiger partial charge in [0.15, 0.2) is 4.34 Å². The van der Waals surface area contributed by atoms with E-state index in [2.05, 4.69) is 22.1 Å². The second-order valence-electron chi connectivity index (χ2n) is 4.15. The highest BCUT2D eigenvalue weighted by Crippen LogP contribution is 2.38. The van der Waals surface area contributed by atoms with Crippen LogP contribution in [-0.2, 0) is 0 Å². The number of thioether (sulfide) groups is 1. The van der Waals surface area contributed by atoms with Crippen LogP contribution in [0, 0.1) is 10.1 Å². The number of hydrogen-bond donors (Lipinski definition) is 1. The summed E-state index contributed by atoms with van der Waals surface area (Å²) >= 11 is 2.98. The van der Waals surface area contributed by atoms with Gasteiger partial charge in [-0.15, -0.1) is 16.8 Å². The molecule has 0 aliphatic carbocycles. The van der Waals surface area contributed by atoms with Crippen molar-refractivity contribution in [2.24, 2.45) is 0 Å². The van der Waals surface area contributed by atoms with Gasteiger partial charge < -0.3 is 5.32 Å². The monoisotopic (exact) mass is 322 g/mol. The molecule has 1 heterocycles. The molecule has 8 heteroatoms. The summed E-state index contributed by atoms with van der Waals surface area (Å²) in [6.07, 6.45) is 1.75. The maximum Gasteiger partial charge on any atom is 0.269 e. The Morgan fingerprint density at radius 2 is 2.38 bits per heavy atom. The zero-order chi connectivity index (χ0) is 15.2. The fourth-order valence-corrected chi connectivity index (χ4v) is 3.62. The number of non-ortho nitro benzene ring substituents is 1. The second kappa shape index (κ2) is 7.19. The van der Waals surface area contributed by atoms with Crippen LogP contribution in [-0.4, -0.2) is 21.7 Å². The predicted octanol–water partition coefficient (Wildman–Crippen LogP) is 3.90. The molecule has 0 radical (unpaired) electrons. The van der Waals surface area contributed by atoms with Crippen molar-refractivity contribution in [3.8, 4) is 0 Å². The lowest BCUT2D eigenvalue weighted by atomic mass is 10.1. The zero-order valence-corrected chi connectivity index (χ0v) is 13.0. The van der Waals surface area contributed by atoms with E-state index in [0.29, 0.717) is 6.54 Å². The molecule has 0 aliphatic heterocycles. The van der Waals surface area contributed by atoms with Crippen molar-refractivity contribution in [1.82, 2.24) is 10.2 Å². The Morgan fingerprint density at radius 3 is 3.10 bits per heavy atom. The van der Waals surface area contributed by atoms with Crippen LogP contribution in [0.15, 0.2) is 41.3 Å². The van der Waals surface area contributed by atoms with Crippen molar-refractivity contribution < 1.29 is 4.92 Å². The Kier molecular flexibility index (Phi) is 5.29. The van der Waals surface area contributed by atoms with Crippen LogP contribution in [0.25, 0.3) is 0 Å². The second-order valence-corrected chi connectivity index (χ2v) is 6.72. The SMILES string of the molecule is C=CCNc1nnc(S[C@H](C)c2cccc([N+](=O)[O-])c2)s1. The smallest absolute Gasteiger partial charge is 0.269 e. The maximum absolute atomic E-state index is 10.8. The fraction of sp³-hybridized carbons (Fsp3) is 0.231. The van der Waals surface area contributed by atoms with Gasteiger partial charge in [-0.1, -0.05) is 41.3 Å². The summed E-state index contributed by atoms with van der Waals surface area (Å²) in [5.74, 6) is 0. The lowest BCUT2D eigenvalue weighted by molar-refractivity contribution is -0.384. The van der Waals surface area contributed by atoms with Gasteiger partial charge in [-0.3, -0.25) is 10.1 Å². The third-order valence-corrected chi connectivity index (χ3v) is 4.76. The Morgan fingerprint density at radius 1 is 1.57 bits per heavy atom. The van der Waals surface area contributed by atoms with Gasteiger partial charge in [0.1, 0.15) is 0 Å². The van der Waals surface area contributed by atoms with Gasteiger partial charge in [0.05, 0.1) is 4.92 Å². The van der Waals surface area contributed by atoms with E-state index in [1.54, 1.807) is 18.2 Å². The molecule has 6 nitrogen and oxygen atoms in total. The van der Waals surface area contributed by atoms with Gasteiger partial charge in [-0.2, -0.15) is 0 Å². The number of anilines is 1. The summed E-state index contributed by atoms with van der Waals surface area (Å²) < 4.78 is 0.820. The highest BCUT2D eigenvalue weighted by Gasteiger charge is 2.14. The molecule has 1 N–H and O–H groups in total. The first-order valence-electron chi connectivity index (χ1n) is 6.19. The average molecular weight is 322 g/mol. The van der Waals surface area contributed by atoms with E-state index in [1.165, 1.54) is 29.2 Å². The molecule has 0 saturated carbocycles. The van der Waals surface area contributed by atoms with E-state index >= 15 is 0 Å². The number of aromatic nitrogens is 2. The number of nitrogens with zero attached hydrogens (tertiary/aromatic N) is 3. The molecule has 1 atom stereocenters. The Labute approximate surface area is 130 Å². The molecule has 110 valence electrons. The molecule has 21 heavy (non-hydrogen) atoms. The lowest BCUT2D eigenvalue weighted by Crippen LogP contribution is -1.96. The first kappa shape index (κ1) is 15.5. The van der Waals surface area contributed by atoms with Crippen molar-refractivity contribution >= 4 is 33.9 Å². The van der Waals surface area contributed by atoms with E-state index in [1.807, 2.05) is 13.0 Å². The molecule has 0 amide bonds. The summed E-state index contributed by atoms with van der Waals surface area (Å²) in [6.45, 7) is 6.25. The minimum Gasteiger partial charge on any atom is -0.357 e. The molecular weight excluding hydrogens is 308 g/mol. The number of nitrogens with one attached hydrogen (secondary N) is 1. The Hall–Kier alpha value is -1.93. The molecular formula is C13H14N4O2S2. The molecule has 0 spiro atoms. The summed E-state index contributed by atoms with van der Waals surface area (Å²) in [5.41, 5.74) is 0.996. The van der Waals surface area contributed by atoms with Gasteiger partial charge in [0.25, 0.3) is 5.69 Å². The van der Waals surface area contributed by atoms with E-state index < -0.39 is 0 Å². The zero-order valence-electron chi connectivity index (χ0n) is 11.4. The van der Waals surface area contributed by atoms with E-state index in [-0.39, 0.29) is 15.9 Å². The lowest BCUT2D eigenvalue weighted by Gasteiger charge is -2.08. The Bertz CT molecular complexity index is 645. The van der Waals surface area contributed by atoms with Crippen molar-refractivity contribution in [1.29, 1.82) is 0 Å². The summed E-state index contributed by atoms with van der Waals surface area (Å²) in [6, 6.07) is 6.66. The van der Waals surface area contributed by atoms with E-state index in [0.717, 1.165) is 15.0 Å². The van der Waals surface area contributed by atoms with Gasteiger partial charge in [0.2, 0.25) is 5.13 Å². The quantitative estimate of drug-likeness (QED) is 0.360. The number of rotatable bonds is 7. The summed E-state index contributed by atoms with van der Waals surface area (Å²) in [5, 5.41) is 22.8. The third-order valence-electron chi connectivity index (χ3n) is 2.63. The van der Waals surface area contributed by atoms with E-state index in [9.17, 15) is 10.1 Å². The minimum absolute atomic E-state index is 0.0603. The van der Waals surface area contributed by atoms with E-state index in [4.69, 9.17) is 0 Å². The normalized spacial score (nSPS) is 11.9. The molecule has 0 bridgehead atoms. The molecule has 2 rings (SSSR count). The van der Waals surface area contributed by atoms with Crippen LogP contribution in [0.2, 0.25) is 0 Å². The van der Waals surface area contributed by atoms with Gasteiger partial charge in [0, 0.05) is 23.9 Å². The highest BCUT2D eigenvalue weighted by atomic mass is 32.2. The van der Waals surface area contributed by atoms with Crippen LogP contribution >= 0.6 is 23.1 Å². The summed E-state index contributed by atoms with van der Waals surface area (Å²) in [7, 11) is 0. The van der Waals surface area contributed by atoms with Gasteiger partial charge >= 0.3 is 0 Å². The molecule has 1 aromatic heterocycles. The molecule has 0 aliphatic rings. The number of nitro groups is 1.